The first kappa shape index (κ1) is 14.2. The van der Waals surface area contributed by atoms with Gasteiger partial charge in [-0.2, -0.15) is 5.10 Å². The van der Waals surface area contributed by atoms with E-state index in [0.717, 1.165) is 22.3 Å². The van der Waals surface area contributed by atoms with Crippen LogP contribution in [0.25, 0.3) is 0 Å². The number of halogens is 1. The van der Waals surface area contributed by atoms with Gasteiger partial charge in [0.2, 0.25) is 0 Å². The largest absolute Gasteiger partial charge is 0.480 e. The molecule has 96 valence electrons. The summed E-state index contributed by atoms with van der Waals surface area (Å²) in [6.07, 6.45) is 1.47. The normalized spacial score (nSPS) is 12.7. The monoisotopic (exact) mass is 303 g/mol. The third-order valence-electron chi connectivity index (χ3n) is 2.65. The molecule has 0 aliphatic carbocycles. The predicted molar refractivity (Wildman–Crippen MR) is 68.8 cm³/mol. The number of aliphatic carboxylic acids is 1. The zero-order chi connectivity index (χ0) is 13.0. The minimum absolute atomic E-state index is 0.495. The van der Waals surface area contributed by atoms with Gasteiger partial charge in [-0.15, -0.1) is 0 Å². The molecule has 1 unspecified atom stereocenters. The zero-order valence-electron chi connectivity index (χ0n) is 10.3. The van der Waals surface area contributed by atoms with Crippen LogP contribution in [-0.2, 0) is 18.4 Å². The maximum absolute atomic E-state index is 11.0. The highest BCUT2D eigenvalue weighted by Crippen LogP contribution is 2.20. The standard InChI is InChI=1S/C11H18BrN3O2/c1-4-5-8(11(16)17)13-6-9-10(12)7(2)14-15(9)3/h8,13H,4-6H2,1-3H3,(H,16,17). The summed E-state index contributed by atoms with van der Waals surface area (Å²) in [6, 6.07) is -0.498. The molecule has 0 aliphatic rings. The second-order valence-corrected chi connectivity index (χ2v) is 4.82. The molecule has 0 saturated heterocycles. The van der Waals surface area contributed by atoms with Crippen LogP contribution in [0.4, 0.5) is 0 Å². The molecule has 17 heavy (non-hydrogen) atoms. The molecular weight excluding hydrogens is 286 g/mol. The smallest absolute Gasteiger partial charge is 0.320 e. The van der Waals surface area contributed by atoms with Crippen molar-refractivity contribution >= 4 is 21.9 Å². The quantitative estimate of drug-likeness (QED) is 0.841. The van der Waals surface area contributed by atoms with Gasteiger partial charge in [0, 0.05) is 13.6 Å². The third kappa shape index (κ3) is 3.54. The van der Waals surface area contributed by atoms with Gasteiger partial charge in [-0.1, -0.05) is 13.3 Å². The summed E-state index contributed by atoms with van der Waals surface area (Å²) in [5, 5.41) is 16.3. The number of aromatic nitrogens is 2. The molecule has 2 N–H and O–H groups in total. The van der Waals surface area contributed by atoms with E-state index in [9.17, 15) is 4.79 Å². The van der Waals surface area contributed by atoms with Crippen LogP contribution in [0.3, 0.4) is 0 Å². The first-order chi connectivity index (χ1) is 7.97. The number of nitrogens with zero attached hydrogens (tertiary/aromatic N) is 2. The lowest BCUT2D eigenvalue weighted by atomic mass is 10.1. The molecule has 0 amide bonds. The fourth-order valence-electron chi connectivity index (χ4n) is 1.69. The summed E-state index contributed by atoms with van der Waals surface area (Å²) in [5.74, 6) is -0.804. The zero-order valence-corrected chi connectivity index (χ0v) is 11.9. The van der Waals surface area contributed by atoms with Crippen LogP contribution in [0.15, 0.2) is 4.47 Å². The first-order valence-corrected chi connectivity index (χ1v) is 6.40. The molecule has 5 nitrogen and oxygen atoms in total. The van der Waals surface area contributed by atoms with E-state index in [0.29, 0.717) is 13.0 Å². The van der Waals surface area contributed by atoms with E-state index in [1.165, 1.54) is 0 Å². The molecule has 0 spiro atoms. The maximum atomic E-state index is 11.0. The van der Waals surface area contributed by atoms with Gasteiger partial charge in [-0.25, -0.2) is 0 Å². The molecule has 0 saturated carbocycles. The van der Waals surface area contributed by atoms with Gasteiger partial charge in [-0.3, -0.25) is 14.8 Å². The highest BCUT2D eigenvalue weighted by atomic mass is 79.9. The number of aryl methyl sites for hydroxylation is 2. The van der Waals surface area contributed by atoms with Crippen LogP contribution in [0.5, 0.6) is 0 Å². The van der Waals surface area contributed by atoms with E-state index in [-0.39, 0.29) is 0 Å². The van der Waals surface area contributed by atoms with Gasteiger partial charge in [0.05, 0.1) is 15.9 Å². The van der Waals surface area contributed by atoms with E-state index in [1.54, 1.807) is 4.68 Å². The number of hydrogen-bond acceptors (Lipinski definition) is 3. The molecule has 1 rings (SSSR count). The SMILES string of the molecule is CCCC(NCc1c(Br)c(C)nn1C)C(=O)O. The molecule has 0 fully saturated rings. The molecule has 0 aromatic carbocycles. The molecule has 1 atom stereocenters. The summed E-state index contributed by atoms with van der Waals surface area (Å²) in [7, 11) is 1.85. The molecule has 0 bridgehead atoms. The lowest BCUT2D eigenvalue weighted by Gasteiger charge is -2.13. The van der Waals surface area contributed by atoms with Crippen LogP contribution < -0.4 is 5.32 Å². The van der Waals surface area contributed by atoms with E-state index in [2.05, 4.69) is 26.3 Å². The van der Waals surface area contributed by atoms with Gasteiger partial charge in [-0.05, 0) is 29.3 Å². The summed E-state index contributed by atoms with van der Waals surface area (Å²) in [4.78, 5) is 11.0. The second kappa shape index (κ2) is 6.16. The molecule has 1 aromatic heterocycles. The van der Waals surface area contributed by atoms with Crippen molar-refractivity contribution in [2.24, 2.45) is 7.05 Å². The van der Waals surface area contributed by atoms with Crippen molar-refractivity contribution in [2.45, 2.75) is 39.3 Å². The molecule has 6 heteroatoms. The second-order valence-electron chi connectivity index (χ2n) is 4.03. The highest BCUT2D eigenvalue weighted by molar-refractivity contribution is 9.10. The van der Waals surface area contributed by atoms with Crippen molar-refractivity contribution in [2.75, 3.05) is 0 Å². The number of carboxylic acids is 1. The summed E-state index contributed by atoms with van der Waals surface area (Å²) < 4.78 is 2.70. The van der Waals surface area contributed by atoms with Gasteiger partial charge >= 0.3 is 5.97 Å². The molecule has 1 aromatic rings. The van der Waals surface area contributed by atoms with Crippen molar-refractivity contribution in [3.8, 4) is 0 Å². The Morgan fingerprint density at radius 3 is 2.71 bits per heavy atom. The Hall–Kier alpha value is -0.880. The van der Waals surface area contributed by atoms with Crippen molar-refractivity contribution < 1.29 is 9.90 Å². The van der Waals surface area contributed by atoms with Crippen molar-refractivity contribution in [1.82, 2.24) is 15.1 Å². The van der Waals surface area contributed by atoms with Gasteiger partial charge in [0.15, 0.2) is 0 Å². The predicted octanol–water partition coefficient (Wildman–Crippen LogP) is 1.83. The molecule has 1 heterocycles. The fraction of sp³-hybridized carbons (Fsp3) is 0.636. The van der Waals surface area contributed by atoms with E-state index in [1.807, 2.05) is 20.9 Å². The average Bonchev–Trinajstić information content (AvgIpc) is 2.49. The van der Waals surface area contributed by atoms with Crippen molar-refractivity contribution in [3.63, 3.8) is 0 Å². The van der Waals surface area contributed by atoms with Crippen molar-refractivity contribution in [3.05, 3.63) is 15.9 Å². The number of nitrogens with one attached hydrogen (secondary N) is 1. The maximum Gasteiger partial charge on any atom is 0.320 e. The van der Waals surface area contributed by atoms with Crippen LogP contribution >= 0.6 is 15.9 Å². The van der Waals surface area contributed by atoms with Gasteiger partial charge in [0.25, 0.3) is 0 Å². The van der Waals surface area contributed by atoms with E-state index < -0.39 is 12.0 Å². The fourth-order valence-corrected chi connectivity index (χ4v) is 2.17. The lowest BCUT2D eigenvalue weighted by molar-refractivity contribution is -0.139. The Bertz CT molecular complexity index is 404. The summed E-state index contributed by atoms with van der Waals surface area (Å²) in [5.41, 5.74) is 1.87. The summed E-state index contributed by atoms with van der Waals surface area (Å²) in [6.45, 7) is 4.38. The van der Waals surface area contributed by atoms with Gasteiger partial charge < -0.3 is 5.11 Å². The van der Waals surface area contributed by atoms with E-state index >= 15 is 0 Å². The average molecular weight is 304 g/mol. The van der Waals surface area contributed by atoms with Crippen molar-refractivity contribution in [1.29, 1.82) is 0 Å². The number of rotatable bonds is 6. The molecule has 0 aliphatic heterocycles. The lowest BCUT2D eigenvalue weighted by Crippen LogP contribution is -2.36. The Morgan fingerprint density at radius 2 is 2.29 bits per heavy atom. The minimum atomic E-state index is -0.804. The van der Waals surface area contributed by atoms with Crippen LogP contribution in [0.2, 0.25) is 0 Å². The Balaban J connectivity index is 2.68. The number of hydrogen-bond donors (Lipinski definition) is 2. The number of carbonyl (C=O) groups is 1. The highest BCUT2D eigenvalue weighted by Gasteiger charge is 2.17. The van der Waals surface area contributed by atoms with Crippen LogP contribution in [-0.4, -0.2) is 26.9 Å². The molecular formula is C11H18BrN3O2. The Kier molecular flexibility index (Phi) is 5.14. The Labute approximate surface area is 109 Å². The molecule has 0 radical (unpaired) electrons. The first-order valence-electron chi connectivity index (χ1n) is 5.61. The Morgan fingerprint density at radius 1 is 1.65 bits per heavy atom. The summed E-state index contributed by atoms with van der Waals surface area (Å²) >= 11 is 3.46. The van der Waals surface area contributed by atoms with E-state index in [4.69, 9.17) is 5.11 Å². The van der Waals surface area contributed by atoms with Gasteiger partial charge in [0.1, 0.15) is 6.04 Å². The number of carboxylic acid groups (broad SMARTS) is 1. The van der Waals surface area contributed by atoms with Crippen LogP contribution in [0.1, 0.15) is 31.2 Å². The topological polar surface area (TPSA) is 67.2 Å². The minimum Gasteiger partial charge on any atom is -0.480 e. The van der Waals surface area contributed by atoms with Crippen LogP contribution in [0, 0.1) is 6.92 Å². The third-order valence-corrected chi connectivity index (χ3v) is 3.68.